The molecule has 0 heteroatoms. The van der Waals surface area contributed by atoms with Crippen LogP contribution < -0.4 is 0 Å². The van der Waals surface area contributed by atoms with Gasteiger partial charge >= 0.3 is 0 Å². The van der Waals surface area contributed by atoms with Crippen molar-refractivity contribution in [2.45, 2.75) is 79.6 Å². The summed E-state index contributed by atoms with van der Waals surface area (Å²) in [6, 6.07) is 0. The lowest BCUT2D eigenvalue weighted by Crippen LogP contribution is -2.03. The van der Waals surface area contributed by atoms with Crippen molar-refractivity contribution in [3.05, 3.63) is 0 Å². The second kappa shape index (κ2) is 9.24. The fraction of sp³-hybridized carbons (Fsp3) is 1.00. The van der Waals surface area contributed by atoms with Gasteiger partial charge in [0.2, 0.25) is 0 Å². The second-order valence-corrected chi connectivity index (χ2v) is 5.73. The molecule has 2 atom stereocenters. The van der Waals surface area contributed by atoms with Gasteiger partial charge in [-0.1, -0.05) is 79.6 Å². The molecular formula is C15H32. The predicted molar refractivity (Wildman–Crippen MR) is 71.2 cm³/mol. The Morgan fingerprint density at radius 2 is 1.27 bits per heavy atom. The Balaban J connectivity index is 3.18. The summed E-state index contributed by atoms with van der Waals surface area (Å²) >= 11 is 0. The molecule has 2 unspecified atom stereocenters. The third-order valence-electron chi connectivity index (χ3n) is 3.94. The van der Waals surface area contributed by atoms with Gasteiger partial charge in [0.15, 0.2) is 0 Å². The monoisotopic (exact) mass is 212 g/mol. The van der Waals surface area contributed by atoms with E-state index in [9.17, 15) is 0 Å². The molecule has 0 saturated carbocycles. The van der Waals surface area contributed by atoms with Gasteiger partial charge in [-0.15, -0.1) is 0 Å². The Bertz CT molecular complexity index is 126. The minimum Gasteiger partial charge on any atom is -0.0651 e. The standard InChI is InChI=1S/C15H32/c1-6-14(4)11-9-7-8-10-12-15(5)13(2)3/h13-15H,6-12H2,1-5H3. The van der Waals surface area contributed by atoms with Gasteiger partial charge in [0.1, 0.15) is 0 Å². The fourth-order valence-electron chi connectivity index (χ4n) is 1.85. The molecular weight excluding hydrogens is 180 g/mol. The first-order valence-corrected chi connectivity index (χ1v) is 7.07. The van der Waals surface area contributed by atoms with E-state index in [4.69, 9.17) is 0 Å². The highest BCUT2D eigenvalue weighted by atomic mass is 14.1. The van der Waals surface area contributed by atoms with Gasteiger partial charge in [-0.05, 0) is 17.8 Å². The van der Waals surface area contributed by atoms with E-state index in [-0.39, 0.29) is 0 Å². The Labute approximate surface area is 97.8 Å². The molecule has 0 fully saturated rings. The Kier molecular flexibility index (Phi) is 9.24. The summed E-state index contributed by atoms with van der Waals surface area (Å²) in [4.78, 5) is 0. The summed E-state index contributed by atoms with van der Waals surface area (Å²) in [5.74, 6) is 2.73. The lowest BCUT2D eigenvalue weighted by atomic mass is 9.92. The summed E-state index contributed by atoms with van der Waals surface area (Å²) in [6.45, 7) is 11.8. The zero-order valence-corrected chi connectivity index (χ0v) is 11.7. The van der Waals surface area contributed by atoms with Crippen LogP contribution in [0.1, 0.15) is 79.6 Å². The van der Waals surface area contributed by atoms with Crippen LogP contribution in [0.25, 0.3) is 0 Å². The molecule has 0 aromatic rings. The molecule has 0 aromatic carbocycles. The number of unbranched alkanes of at least 4 members (excludes halogenated alkanes) is 3. The van der Waals surface area contributed by atoms with E-state index in [0.717, 1.165) is 17.8 Å². The quantitative estimate of drug-likeness (QED) is 0.432. The highest BCUT2D eigenvalue weighted by Crippen LogP contribution is 2.19. The van der Waals surface area contributed by atoms with E-state index in [1.807, 2.05) is 0 Å². The van der Waals surface area contributed by atoms with Crippen molar-refractivity contribution in [2.75, 3.05) is 0 Å². The highest BCUT2D eigenvalue weighted by Gasteiger charge is 2.06. The van der Waals surface area contributed by atoms with Gasteiger partial charge < -0.3 is 0 Å². The van der Waals surface area contributed by atoms with E-state index >= 15 is 0 Å². The van der Waals surface area contributed by atoms with Gasteiger partial charge in [-0.2, -0.15) is 0 Å². The smallest absolute Gasteiger partial charge is 0.0420 e. The van der Waals surface area contributed by atoms with Crippen molar-refractivity contribution in [3.63, 3.8) is 0 Å². The minimum atomic E-state index is 0.866. The largest absolute Gasteiger partial charge is 0.0651 e. The Morgan fingerprint density at radius 1 is 0.733 bits per heavy atom. The first-order valence-electron chi connectivity index (χ1n) is 7.07. The molecule has 0 radical (unpaired) electrons. The lowest BCUT2D eigenvalue weighted by molar-refractivity contribution is 0.372. The van der Waals surface area contributed by atoms with Crippen molar-refractivity contribution in [1.29, 1.82) is 0 Å². The molecule has 0 aliphatic heterocycles. The zero-order valence-electron chi connectivity index (χ0n) is 11.7. The summed E-state index contributed by atoms with van der Waals surface area (Å²) in [6.07, 6.45) is 10.0. The van der Waals surface area contributed by atoms with E-state index in [1.165, 1.54) is 44.9 Å². The maximum atomic E-state index is 2.39. The van der Waals surface area contributed by atoms with Crippen LogP contribution in [0.5, 0.6) is 0 Å². The molecule has 92 valence electrons. The molecule has 0 saturated heterocycles. The molecule has 0 N–H and O–H groups in total. The topological polar surface area (TPSA) is 0 Å². The van der Waals surface area contributed by atoms with Crippen LogP contribution in [0.2, 0.25) is 0 Å². The Hall–Kier alpha value is 0. The maximum Gasteiger partial charge on any atom is -0.0420 e. The molecule has 0 nitrogen and oxygen atoms in total. The van der Waals surface area contributed by atoms with Crippen LogP contribution in [0.3, 0.4) is 0 Å². The number of hydrogen-bond acceptors (Lipinski definition) is 0. The second-order valence-electron chi connectivity index (χ2n) is 5.73. The average Bonchev–Trinajstić information content (AvgIpc) is 2.22. The van der Waals surface area contributed by atoms with Gasteiger partial charge in [0.25, 0.3) is 0 Å². The number of rotatable bonds is 9. The van der Waals surface area contributed by atoms with Crippen molar-refractivity contribution < 1.29 is 0 Å². The summed E-state index contributed by atoms with van der Waals surface area (Å²) in [5.41, 5.74) is 0. The van der Waals surface area contributed by atoms with Crippen molar-refractivity contribution >= 4 is 0 Å². The zero-order chi connectivity index (χ0) is 11.7. The highest BCUT2D eigenvalue weighted by molar-refractivity contribution is 4.58. The van der Waals surface area contributed by atoms with Gasteiger partial charge in [0, 0.05) is 0 Å². The van der Waals surface area contributed by atoms with Gasteiger partial charge in [-0.3, -0.25) is 0 Å². The summed E-state index contributed by atoms with van der Waals surface area (Å²) in [7, 11) is 0. The minimum absolute atomic E-state index is 0.866. The molecule has 0 spiro atoms. The summed E-state index contributed by atoms with van der Waals surface area (Å²) < 4.78 is 0. The molecule has 0 heterocycles. The predicted octanol–water partition coefficient (Wildman–Crippen LogP) is 5.67. The van der Waals surface area contributed by atoms with Crippen LogP contribution in [0, 0.1) is 17.8 Å². The SMILES string of the molecule is CCC(C)CCCCCCC(C)C(C)C. The van der Waals surface area contributed by atoms with Crippen molar-refractivity contribution in [1.82, 2.24) is 0 Å². The van der Waals surface area contributed by atoms with E-state index in [1.54, 1.807) is 0 Å². The molecule has 15 heavy (non-hydrogen) atoms. The Morgan fingerprint density at radius 3 is 1.73 bits per heavy atom. The number of hydrogen-bond donors (Lipinski definition) is 0. The fourth-order valence-corrected chi connectivity index (χ4v) is 1.85. The molecule has 0 aromatic heterocycles. The first kappa shape index (κ1) is 15.0. The van der Waals surface area contributed by atoms with Crippen molar-refractivity contribution in [2.24, 2.45) is 17.8 Å². The molecule has 0 aliphatic carbocycles. The molecule has 0 amide bonds. The molecule has 0 rings (SSSR count). The molecule has 0 bridgehead atoms. The third kappa shape index (κ3) is 8.96. The van der Waals surface area contributed by atoms with E-state index in [2.05, 4.69) is 34.6 Å². The third-order valence-corrected chi connectivity index (χ3v) is 3.94. The van der Waals surface area contributed by atoms with E-state index < -0.39 is 0 Å². The lowest BCUT2D eigenvalue weighted by Gasteiger charge is -2.14. The summed E-state index contributed by atoms with van der Waals surface area (Å²) in [5, 5.41) is 0. The first-order chi connectivity index (χ1) is 7.07. The van der Waals surface area contributed by atoms with Crippen LogP contribution in [-0.2, 0) is 0 Å². The van der Waals surface area contributed by atoms with Crippen LogP contribution >= 0.6 is 0 Å². The van der Waals surface area contributed by atoms with Gasteiger partial charge in [-0.25, -0.2) is 0 Å². The van der Waals surface area contributed by atoms with Crippen LogP contribution in [0.15, 0.2) is 0 Å². The maximum absolute atomic E-state index is 2.39. The molecule has 0 aliphatic rings. The van der Waals surface area contributed by atoms with Gasteiger partial charge in [0.05, 0.1) is 0 Å². The van der Waals surface area contributed by atoms with Crippen molar-refractivity contribution in [3.8, 4) is 0 Å². The van der Waals surface area contributed by atoms with E-state index in [0.29, 0.717) is 0 Å². The average molecular weight is 212 g/mol. The normalized spacial score (nSPS) is 15.6. The van der Waals surface area contributed by atoms with Crippen LogP contribution in [-0.4, -0.2) is 0 Å². The van der Waals surface area contributed by atoms with Crippen LogP contribution in [0.4, 0.5) is 0 Å².